The molecule has 0 fully saturated rings. The van der Waals surface area contributed by atoms with Gasteiger partial charge >= 0.3 is 5.97 Å². The summed E-state index contributed by atoms with van der Waals surface area (Å²) in [5.74, 6) is 0.399. The molecule has 1 unspecified atom stereocenters. The summed E-state index contributed by atoms with van der Waals surface area (Å²) in [6.45, 7) is 5.27. The molecule has 0 saturated heterocycles. The Labute approximate surface area is 236 Å². The zero-order chi connectivity index (χ0) is 28.4. The Bertz CT molecular complexity index is 1310. The molecule has 6 nitrogen and oxygen atoms in total. The lowest BCUT2D eigenvalue weighted by molar-refractivity contribution is -0.136. The van der Waals surface area contributed by atoms with Crippen molar-refractivity contribution in [2.45, 2.75) is 51.5 Å². The van der Waals surface area contributed by atoms with Gasteiger partial charge in [0.2, 0.25) is 0 Å². The van der Waals surface area contributed by atoms with E-state index in [2.05, 4.69) is 19.2 Å². The Morgan fingerprint density at radius 3 is 1.82 bits per heavy atom. The Morgan fingerprint density at radius 1 is 0.750 bits per heavy atom. The third-order valence-corrected chi connectivity index (χ3v) is 6.55. The van der Waals surface area contributed by atoms with E-state index in [1.807, 2.05) is 103 Å². The highest BCUT2D eigenvalue weighted by Gasteiger charge is 2.21. The summed E-state index contributed by atoms with van der Waals surface area (Å²) in [4.78, 5) is 11.1. The van der Waals surface area contributed by atoms with E-state index in [1.165, 1.54) is 0 Å². The fourth-order valence-electron chi connectivity index (χ4n) is 4.52. The predicted octanol–water partition coefficient (Wildman–Crippen LogP) is 6.12. The first-order valence-corrected chi connectivity index (χ1v) is 13.5. The molecule has 0 heterocycles. The van der Waals surface area contributed by atoms with Crippen LogP contribution in [0.1, 0.15) is 47.8 Å². The van der Waals surface area contributed by atoms with Crippen molar-refractivity contribution in [3.8, 4) is 11.5 Å². The SMILES string of the molecule is CC(C)(Cc1cccc(CC(=O)O)c1)NCC(O)c1cc(OCc2ccccc2)cc(OCc2ccccc2)c1. The molecule has 208 valence electrons. The van der Waals surface area contributed by atoms with Crippen LogP contribution in [-0.4, -0.2) is 28.3 Å². The number of carboxylic acids is 1. The van der Waals surface area contributed by atoms with E-state index in [-0.39, 0.29) is 12.0 Å². The smallest absolute Gasteiger partial charge is 0.307 e. The van der Waals surface area contributed by atoms with Crippen LogP contribution in [0.3, 0.4) is 0 Å². The van der Waals surface area contributed by atoms with E-state index in [1.54, 1.807) is 0 Å². The van der Waals surface area contributed by atoms with E-state index in [0.717, 1.165) is 22.3 Å². The number of rotatable bonds is 14. The minimum Gasteiger partial charge on any atom is -0.489 e. The average molecular weight is 540 g/mol. The molecule has 0 radical (unpaired) electrons. The molecule has 4 rings (SSSR count). The first-order valence-electron chi connectivity index (χ1n) is 13.5. The number of nitrogens with one attached hydrogen (secondary N) is 1. The first-order chi connectivity index (χ1) is 19.3. The number of β-amino-alcohol motifs (C(OH)–C–C–N with tert-alkyl or cyclic N) is 1. The van der Waals surface area contributed by atoms with Gasteiger partial charge in [0.05, 0.1) is 12.5 Å². The third kappa shape index (κ3) is 9.26. The average Bonchev–Trinajstić information content (AvgIpc) is 2.94. The second-order valence-corrected chi connectivity index (χ2v) is 10.6. The van der Waals surface area contributed by atoms with Crippen LogP contribution in [0.5, 0.6) is 11.5 Å². The molecule has 0 aromatic heterocycles. The lowest BCUT2D eigenvalue weighted by Crippen LogP contribution is -2.43. The molecule has 0 saturated carbocycles. The number of hydrogen-bond donors (Lipinski definition) is 3. The molecule has 3 N–H and O–H groups in total. The summed E-state index contributed by atoms with van der Waals surface area (Å²) in [5.41, 5.74) is 4.28. The number of hydrogen-bond acceptors (Lipinski definition) is 5. The summed E-state index contributed by atoms with van der Waals surface area (Å²) in [6.07, 6.45) is -0.117. The molecule has 0 amide bonds. The summed E-state index contributed by atoms with van der Waals surface area (Å²) in [5, 5.41) is 23.8. The van der Waals surface area contributed by atoms with Crippen LogP contribution < -0.4 is 14.8 Å². The van der Waals surface area contributed by atoms with Crippen LogP contribution in [0.4, 0.5) is 0 Å². The number of carboxylic acid groups (broad SMARTS) is 1. The number of aliphatic carboxylic acids is 1. The van der Waals surface area contributed by atoms with Crippen molar-refractivity contribution in [2.75, 3.05) is 6.54 Å². The normalized spacial score (nSPS) is 12.1. The Balaban J connectivity index is 1.44. The quantitative estimate of drug-likeness (QED) is 0.179. The van der Waals surface area contributed by atoms with Crippen molar-refractivity contribution in [3.63, 3.8) is 0 Å². The molecule has 6 heteroatoms. The molecule has 0 aliphatic rings. The van der Waals surface area contributed by atoms with Gasteiger partial charge in [-0.25, -0.2) is 0 Å². The largest absolute Gasteiger partial charge is 0.489 e. The second-order valence-electron chi connectivity index (χ2n) is 10.6. The summed E-state index contributed by atoms with van der Waals surface area (Å²) < 4.78 is 12.2. The van der Waals surface area contributed by atoms with Crippen LogP contribution in [-0.2, 0) is 30.8 Å². The highest BCUT2D eigenvalue weighted by atomic mass is 16.5. The van der Waals surface area contributed by atoms with Gasteiger partial charge < -0.3 is 25.0 Å². The maximum Gasteiger partial charge on any atom is 0.307 e. The van der Waals surface area contributed by atoms with Crippen LogP contribution in [0.25, 0.3) is 0 Å². The summed E-state index contributed by atoms with van der Waals surface area (Å²) in [6, 6.07) is 33.1. The maximum absolute atomic E-state index is 11.2. The first kappa shape index (κ1) is 28.9. The second kappa shape index (κ2) is 13.8. The predicted molar refractivity (Wildman–Crippen MR) is 157 cm³/mol. The van der Waals surface area contributed by atoms with E-state index in [9.17, 15) is 9.90 Å². The minimum atomic E-state index is -0.847. The minimum absolute atomic E-state index is 0.00221. The van der Waals surface area contributed by atoms with Gasteiger partial charge in [0, 0.05) is 18.2 Å². The van der Waals surface area contributed by atoms with Crippen LogP contribution in [0.15, 0.2) is 103 Å². The molecule has 0 bridgehead atoms. The Morgan fingerprint density at radius 2 is 1.27 bits per heavy atom. The lowest BCUT2D eigenvalue weighted by atomic mass is 9.93. The standard InChI is InChI=1S/C34H37NO5/c1-34(2,21-28-15-9-14-27(16-28)17-33(37)38)35-22-32(36)29-18-30(39-23-25-10-5-3-6-11-25)20-31(19-29)40-24-26-12-7-4-8-13-26/h3-16,18-20,32,35-36H,17,21-24H2,1-2H3,(H,37,38). The molecule has 4 aromatic carbocycles. The van der Waals surface area contributed by atoms with Gasteiger partial charge in [-0.2, -0.15) is 0 Å². The Hall–Kier alpha value is -4.13. The van der Waals surface area contributed by atoms with Crippen LogP contribution >= 0.6 is 0 Å². The van der Waals surface area contributed by atoms with E-state index < -0.39 is 12.1 Å². The topological polar surface area (TPSA) is 88.0 Å². The molecule has 40 heavy (non-hydrogen) atoms. The highest BCUT2D eigenvalue weighted by molar-refractivity contribution is 5.70. The summed E-state index contributed by atoms with van der Waals surface area (Å²) >= 11 is 0. The third-order valence-electron chi connectivity index (χ3n) is 6.55. The summed E-state index contributed by atoms with van der Waals surface area (Å²) in [7, 11) is 0. The number of aliphatic hydroxyl groups excluding tert-OH is 1. The molecular weight excluding hydrogens is 502 g/mol. The monoisotopic (exact) mass is 539 g/mol. The zero-order valence-electron chi connectivity index (χ0n) is 23.0. The van der Waals surface area contributed by atoms with Crippen LogP contribution in [0, 0.1) is 0 Å². The Kier molecular flexibility index (Phi) is 9.95. The fraction of sp³-hybridized carbons (Fsp3) is 0.265. The molecule has 0 spiro atoms. The highest BCUT2D eigenvalue weighted by Crippen LogP contribution is 2.28. The fourth-order valence-corrected chi connectivity index (χ4v) is 4.52. The van der Waals surface area contributed by atoms with E-state index in [4.69, 9.17) is 14.6 Å². The number of aliphatic hydroxyl groups is 1. The number of carbonyl (C=O) groups is 1. The van der Waals surface area contributed by atoms with Crippen molar-refractivity contribution >= 4 is 5.97 Å². The number of ether oxygens (including phenoxy) is 2. The molecule has 1 atom stereocenters. The van der Waals surface area contributed by atoms with Gasteiger partial charge in [-0.05, 0) is 60.2 Å². The van der Waals surface area contributed by atoms with Gasteiger partial charge in [0.15, 0.2) is 0 Å². The van der Waals surface area contributed by atoms with Gasteiger partial charge in [-0.15, -0.1) is 0 Å². The van der Waals surface area contributed by atoms with E-state index >= 15 is 0 Å². The van der Waals surface area contributed by atoms with Gasteiger partial charge in [0.25, 0.3) is 0 Å². The molecular formula is C34H37NO5. The molecule has 0 aliphatic heterocycles. The molecule has 0 aliphatic carbocycles. The number of benzene rings is 4. The van der Waals surface area contributed by atoms with Crippen molar-refractivity contribution < 1.29 is 24.5 Å². The van der Waals surface area contributed by atoms with Crippen molar-refractivity contribution in [2.24, 2.45) is 0 Å². The maximum atomic E-state index is 11.2. The van der Waals surface area contributed by atoms with Crippen molar-refractivity contribution in [1.29, 1.82) is 0 Å². The van der Waals surface area contributed by atoms with Gasteiger partial charge in [-0.1, -0.05) is 84.9 Å². The van der Waals surface area contributed by atoms with Crippen LogP contribution in [0.2, 0.25) is 0 Å². The van der Waals surface area contributed by atoms with E-state index in [0.29, 0.717) is 43.2 Å². The van der Waals surface area contributed by atoms with Gasteiger partial charge in [0.1, 0.15) is 24.7 Å². The van der Waals surface area contributed by atoms with Gasteiger partial charge in [-0.3, -0.25) is 4.79 Å². The molecule has 4 aromatic rings. The van der Waals surface area contributed by atoms with Crippen molar-refractivity contribution in [3.05, 3.63) is 131 Å². The van der Waals surface area contributed by atoms with Crippen molar-refractivity contribution in [1.82, 2.24) is 5.32 Å². The lowest BCUT2D eigenvalue weighted by Gasteiger charge is -2.28. The zero-order valence-corrected chi connectivity index (χ0v) is 23.0.